The van der Waals surface area contributed by atoms with E-state index < -0.39 is 4.92 Å². The summed E-state index contributed by atoms with van der Waals surface area (Å²) in [5, 5.41) is 14.7. The van der Waals surface area contributed by atoms with Crippen LogP contribution in [0.4, 0.5) is 17.2 Å². The van der Waals surface area contributed by atoms with Gasteiger partial charge >= 0.3 is 0 Å². The Morgan fingerprint density at radius 1 is 1.44 bits per heavy atom. The highest BCUT2D eigenvalue weighted by atomic mass is 16.6. The van der Waals surface area contributed by atoms with Gasteiger partial charge in [-0.15, -0.1) is 0 Å². The van der Waals surface area contributed by atoms with Crippen molar-refractivity contribution >= 4 is 17.2 Å². The number of nitrogens with two attached hydrogens (primary N) is 1. The van der Waals surface area contributed by atoms with Crippen LogP contribution in [-0.4, -0.2) is 14.7 Å². The van der Waals surface area contributed by atoms with Gasteiger partial charge in [-0.1, -0.05) is 0 Å². The van der Waals surface area contributed by atoms with Crippen molar-refractivity contribution in [3.8, 4) is 11.3 Å². The molecule has 0 saturated carbocycles. The maximum atomic E-state index is 10.5. The number of hydrogen-bond donors (Lipinski definition) is 1. The quantitative estimate of drug-likeness (QED) is 0.496. The molecule has 0 aliphatic carbocycles. The summed E-state index contributed by atoms with van der Waals surface area (Å²) in [6.07, 6.45) is 0. The number of benzene rings is 1. The summed E-state index contributed by atoms with van der Waals surface area (Å²) >= 11 is 0. The molecule has 0 fully saturated rings. The Hall–Kier alpha value is -2.88. The molecule has 7 heteroatoms. The molecule has 18 heavy (non-hydrogen) atoms. The molecule has 2 rings (SSSR count). The first-order valence-electron chi connectivity index (χ1n) is 4.99. The maximum absolute atomic E-state index is 10.5. The van der Waals surface area contributed by atoms with E-state index in [9.17, 15) is 10.1 Å². The first-order valence-corrected chi connectivity index (χ1v) is 4.99. The lowest BCUT2D eigenvalue weighted by Crippen LogP contribution is -1.96. The second-order valence-electron chi connectivity index (χ2n) is 3.62. The number of nitro groups is 1. The van der Waals surface area contributed by atoms with E-state index in [0.717, 1.165) is 0 Å². The molecule has 0 aliphatic heterocycles. The molecule has 0 radical (unpaired) electrons. The number of aromatic nitrogens is 2. The predicted octanol–water partition coefficient (Wildman–Crippen LogP) is 2.13. The summed E-state index contributed by atoms with van der Waals surface area (Å²) in [4.78, 5) is 13.4. The lowest BCUT2D eigenvalue weighted by atomic mass is 10.1. The number of anilines is 1. The van der Waals surface area contributed by atoms with Gasteiger partial charge in [0.25, 0.3) is 11.4 Å². The van der Waals surface area contributed by atoms with Crippen LogP contribution in [0, 0.1) is 16.7 Å². The molecule has 0 unspecified atom stereocenters. The summed E-state index contributed by atoms with van der Waals surface area (Å²) in [5.41, 5.74) is 7.01. The molecule has 0 aliphatic rings. The topological polar surface area (TPSA) is 91.3 Å². The Morgan fingerprint density at radius 2 is 2.06 bits per heavy atom. The molecule has 1 aromatic carbocycles. The predicted molar refractivity (Wildman–Crippen MR) is 66.0 cm³/mol. The third kappa shape index (κ3) is 1.76. The largest absolute Gasteiger partial charge is 0.393 e. The second kappa shape index (κ2) is 4.18. The number of nitrogen functional groups attached to an aromatic ring is 1. The zero-order valence-corrected chi connectivity index (χ0v) is 9.49. The zero-order valence-electron chi connectivity index (χ0n) is 9.49. The number of rotatable bonds is 2. The van der Waals surface area contributed by atoms with Crippen molar-refractivity contribution in [3.63, 3.8) is 0 Å². The Labute approximate surface area is 102 Å². The van der Waals surface area contributed by atoms with Gasteiger partial charge in [0.15, 0.2) is 0 Å². The van der Waals surface area contributed by atoms with Crippen LogP contribution in [0.25, 0.3) is 16.1 Å². The molecule has 0 amide bonds. The van der Waals surface area contributed by atoms with Gasteiger partial charge in [-0.05, 0) is 17.7 Å². The fraction of sp³-hybridized carbons (Fsp3) is 0.0909. The molecular weight excluding hydrogens is 234 g/mol. The van der Waals surface area contributed by atoms with Gasteiger partial charge in [0.1, 0.15) is 11.5 Å². The van der Waals surface area contributed by atoms with E-state index in [2.05, 4.69) is 9.94 Å². The van der Waals surface area contributed by atoms with Gasteiger partial charge in [0.05, 0.1) is 11.5 Å². The molecule has 2 aromatic rings. The summed E-state index contributed by atoms with van der Waals surface area (Å²) in [6.45, 7) is 7.08. The van der Waals surface area contributed by atoms with E-state index in [-0.39, 0.29) is 17.2 Å². The molecule has 1 heterocycles. The SMILES string of the molecule is [C-]#[N+]c1c(-c2ccc([N+](=O)[O-])cc2)nn(C)c1N. The molecule has 0 bridgehead atoms. The normalized spacial score (nSPS) is 10.0. The average molecular weight is 243 g/mol. The molecule has 2 N–H and O–H groups in total. The summed E-state index contributed by atoms with van der Waals surface area (Å²) in [7, 11) is 1.64. The minimum absolute atomic E-state index is 0.00739. The number of nitrogens with zero attached hydrogens (tertiary/aromatic N) is 4. The van der Waals surface area contributed by atoms with Gasteiger partial charge < -0.3 is 5.73 Å². The number of aryl methyl sites for hydroxylation is 1. The van der Waals surface area contributed by atoms with Crippen LogP contribution in [0.5, 0.6) is 0 Å². The van der Waals surface area contributed by atoms with Crippen molar-refractivity contribution in [3.05, 3.63) is 45.8 Å². The summed E-state index contributed by atoms with van der Waals surface area (Å²) in [5.74, 6) is 0.276. The highest BCUT2D eigenvalue weighted by Gasteiger charge is 2.16. The van der Waals surface area contributed by atoms with Crippen molar-refractivity contribution in [2.75, 3.05) is 5.73 Å². The van der Waals surface area contributed by atoms with E-state index in [0.29, 0.717) is 11.3 Å². The third-order valence-corrected chi connectivity index (χ3v) is 2.53. The molecule has 7 nitrogen and oxygen atoms in total. The van der Waals surface area contributed by atoms with Crippen molar-refractivity contribution < 1.29 is 4.92 Å². The second-order valence-corrected chi connectivity index (χ2v) is 3.62. The van der Waals surface area contributed by atoms with Crippen LogP contribution in [0.2, 0.25) is 0 Å². The van der Waals surface area contributed by atoms with Gasteiger partial charge in [0.2, 0.25) is 0 Å². The summed E-state index contributed by atoms with van der Waals surface area (Å²) < 4.78 is 1.41. The minimum Gasteiger partial charge on any atom is -0.393 e. The summed E-state index contributed by atoms with van der Waals surface area (Å²) in [6, 6.07) is 5.84. The van der Waals surface area contributed by atoms with Gasteiger partial charge in [0, 0.05) is 19.2 Å². The van der Waals surface area contributed by atoms with Gasteiger partial charge in [-0.3, -0.25) is 14.8 Å². The van der Waals surface area contributed by atoms with E-state index in [1.807, 2.05) is 0 Å². The fourth-order valence-corrected chi connectivity index (χ4v) is 1.57. The van der Waals surface area contributed by atoms with Crippen molar-refractivity contribution in [1.29, 1.82) is 0 Å². The van der Waals surface area contributed by atoms with Crippen LogP contribution >= 0.6 is 0 Å². The van der Waals surface area contributed by atoms with Crippen LogP contribution in [0.3, 0.4) is 0 Å². The Kier molecular flexibility index (Phi) is 2.69. The lowest BCUT2D eigenvalue weighted by Gasteiger charge is -1.97. The molecular formula is C11H9N5O2. The standard InChI is InChI=1S/C11H9N5O2/c1-13-10-9(14-15(2)11(10)12)7-3-5-8(6-4-7)16(17)18/h3-6H,12H2,2H3. The van der Waals surface area contributed by atoms with E-state index in [1.54, 1.807) is 19.2 Å². The van der Waals surface area contributed by atoms with Crippen molar-refractivity contribution in [1.82, 2.24) is 9.78 Å². The fourth-order valence-electron chi connectivity index (χ4n) is 1.57. The zero-order chi connectivity index (χ0) is 13.3. The van der Waals surface area contributed by atoms with E-state index >= 15 is 0 Å². The maximum Gasteiger partial charge on any atom is 0.269 e. The molecule has 0 atom stereocenters. The minimum atomic E-state index is -0.480. The van der Waals surface area contributed by atoms with Crippen LogP contribution in [0.15, 0.2) is 24.3 Å². The smallest absolute Gasteiger partial charge is 0.269 e. The monoisotopic (exact) mass is 243 g/mol. The Bertz CT molecular complexity index is 651. The molecule has 0 spiro atoms. The van der Waals surface area contributed by atoms with E-state index in [1.165, 1.54) is 16.8 Å². The van der Waals surface area contributed by atoms with Crippen LogP contribution in [0.1, 0.15) is 0 Å². The van der Waals surface area contributed by atoms with Crippen molar-refractivity contribution in [2.45, 2.75) is 0 Å². The third-order valence-electron chi connectivity index (χ3n) is 2.53. The number of non-ortho nitro benzene ring substituents is 1. The molecule has 0 saturated heterocycles. The lowest BCUT2D eigenvalue weighted by molar-refractivity contribution is -0.384. The van der Waals surface area contributed by atoms with Gasteiger partial charge in [-0.2, -0.15) is 5.10 Å². The van der Waals surface area contributed by atoms with Crippen LogP contribution < -0.4 is 5.73 Å². The highest BCUT2D eigenvalue weighted by Crippen LogP contribution is 2.34. The Morgan fingerprint density at radius 3 is 2.56 bits per heavy atom. The van der Waals surface area contributed by atoms with Gasteiger partial charge in [-0.25, -0.2) is 4.85 Å². The molecule has 90 valence electrons. The first-order chi connectivity index (χ1) is 8.54. The average Bonchev–Trinajstić information content (AvgIpc) is 2.65. The van der Waals surface area contributed by atoms with E-state index in [4.69, 9.17) is 12.3 Å². The first kappa shape index (κ1) is 11.6. The Balaban J connectivity index is 2.53. The molecule has 1 aromatic heterocycles. The number of hydrogen-bond acceptors (Lipinski definition) is 4. The highest BCUT2D eigenvalue weighted by molar-refractivity contribution is 5.83. The van der Waals surface area contributed by atoms with Crippen LogP contribution in [-0.2, 0) is 7.05 Å². The van der Waals surface area contributed by atoms with Crippen molar-refractivity contribution in [2.24, 2.45) is 7.05 Å². The number of nitro benzene ring substituents is 1.